The Hall–Kier alpha value is -2.10. The molecule has 3 rings (SSSR count). The van der Waals surface area contributed by atoms with E-state index in [1.807, 2.05) is 56.3 Å². The minimum absolute atomic E-state index is 0.0774. The summed E-state index contributed by atoms with van der Waals surface area (Å²) in [4.78, 5) is 13.8. The van der Waals surface area contributed by atoms with Crippen molar-refractivity contribution in [2.75, 3.05) is 6.61 Å². The molecular formula is C24H26O2S. The van der Waals surface area contributed by atoms with Crippen molar-refractivity contribution in [3.63, 3.8) is 0 Å². The molecule has 0 fully saturated rings. The summed E-state index contributed by atoms with van der Waals surface area (Å²) in [6.07, 6.45) is 2.79. The maximum absolute atomic E-state index is 13.0. The van der Waals surface area contributed by atoms with Crippen LogP contribution in [0.4, 0.5) is 0 Å². The van der Waals surface area contributed by atoms with Gasteiger partial charge in [0.25, 0.3) is 0 Å². The Balaban J connectivity index is 1.96. The number of ether oxygens (including phenoxy) is 1. The molecule has 2 atom stereocenters. The lowest BCUT2D eigenvalue weighted by Gasteiger charge is -2.35. The number of allylic oxidation sites excluding steroid dienone is 1. The molecule has 1 aliphatic heterocycles. The molecule has 1 heterocycles. The average molecular weight is 379 g/mol. The predicted octanol–water partition coefficient (Wildman–Crippen LogP) is 6.46. The van der Waals surface area contributed by atoms with Gasteiger partial charge in [0.05, 0.1) is 10.5 Å². The molecule has 2 aromatic rings. The predicted molar refractivity (Wildman–Crippen MR) is 115 cm³/mol. The lowest BCUT2D eigenvalue weighted by molar-refractivity contribution is -0.00176. The van der Waals surface area contributed by atoms with Crippen LogP contribution >= 0.6 is 11.8 Å². The molecule has 0 radical (unpaired) electrons. The Morgan fingerprint density at radius 2 is 1.81 bits per heavy atom. The first-order valence-corrected chi connectivity index (χ1v) is 10.2. The van der Waals surface area contributed by atoms with Gasteiger partial charge in [-0.3, -0.25) is 4.79 Å². The van der Waals surface area contributed by atoms with E-state index in [2.05, 4.69) is 31.7 Å². The third-order valence-corrected chi connectivity index (χ3v) is 6.36. The van der Waals surface area contributed by atoms with Crippen LogP contribution in [-0.4, -0.2) is 18.0 Å². The first-order chi connectivity index (χ1) is 12.9. The number of carbonyl (C=O) groups is 1. The van der Waals surface area contributed by atoms with E-state index in [4.69, 9.17) is 4.74 Å². The largest absolute Gasteiger partial charge is 0.371 e. The van der Waals surface area contributed by atoms with E-state index >= 15 is 0 Å². The highest BCUT2D eigenvalue weighted by atomic mass is 32.2. The van der Waals surface area contributed by atoms with E-state index in [1.54, 1.807) is 11.8 Å². The molecule has 1 aliphatic rings. The zero-order valence-corrected chi connectivity index (χ0v) is 17.0. The van der Waals surface area contributed by atoms with Crippen molar-refractivity contribution in [3.8, 4) is 0 Å². The molecule has 0 amide bonds. The summed E-state index contributed by atoms with van der Waals surface area (Å²) in [5.74, 6) is 0.0774. The van der Waals surface area contributed by atoms with Crippen LogP contribution in [0, 0.1) is 0 Å². The van der Waals surface area contributed by atoms with Gasteiger partial charge in [0.15, 0.2) is 5.78 Å². The molecule has 0 saturated heterocycles. The SMILES string of the molecule is C=C(C)C(C)(CC1SC(C(=O)c2ccccc2)=Cc2ccccc21)OCC. The van der Waals surface area contributed by atoms with Crippen LogP contribution in [0.25, 0.3) is 6.08 Å². The average Bonchev–Trinajstić information content (AvgIpc) is 2.68. The van der Waals surface area contributed by atoms with Crippen molar-refractivity contribution in [3.05, 3.63) is 88.3 Å². The lowest BCUT2D eigenvalue weighted by Crippen LogP contribution is -2.32. The van der Waals surface area contributed by atoms with Crippen molar-refractivity contribution in [2.24, 2.45) is 0 Å². The molecule has 2 unspecified atom stereocenters. The summed E-state index contributed by atoms with van der Waals surface area (Å²) in [7, 11) is 0. The Bertz CT molecular complexity index is 869. The molecular weight excluding hydrogens is 352 g/mol. The summed E-state index contributed by atoms with van der Waals surface area (Å²) in [5.41, 5.74) is 3.67. The molecule has 27 heavy (non-hydrogen) atoms. The van der Waals surface area contributed by atoms with E-state index < -0.39 is 5.60 Å². The third-order valence-electron chi connectivity index (χ3n) is 5.10. The van der Waals surface area contributed by atoms with Gasteiger partial charge in [-0.1, -0.05) is 61.2 Å². The van der Waals surface area contributed by atoms with Crippen molar-refractivity contribution < 1.29 is 9.53 Å². The second-order valence-electron chi connectivity index (χ2n) is 7.09. The number of hydrogen-bond donors (Lipinski definition) is 0. The molecule has 0 aliphatic carbocycles. The fourth-order valence-electron chi connectivity index (χ4n) is 3.36. The van der Waals surface area contributed by atoms with E-state index in [9.17, 15) is 4.79 Å². The maximum atomic E-state index is 13.0. The molecule has 2 nitrogen and oxygen atoms in total. The van der Waals surface area contributed by atoms with E-state index in [1.165, 1.54) is 5.56 Å². The van der Waals surface area contributed by atoms with Gasteiger partial charge in [-0.25, -0.2) is 0 Å². The van der Waals surface area contributed by atoms with Crippen LogP contribution in [0.2, 0.25) is 0 Å². The highest BCUT2D eigenvalue weighted by Gasteiger charge is 2.34. The summed E-state index contributed by atoms with van der Waals surface area (Å²) < 4.78 is 6.07. The van der Waals surface area contributed by atoms with Crippen LogP contribution in [0.15, 0.2) is 71.7 Å². The van der Waals surface area contributed by atoms with Crippen molar-refractivity contribution in [1.82, 2.24) is 0 Å². The first kappa shape index (κ1) is 19.7. The molecule has 0 saturated carbocycles. The van der Waals surface area contributed by atoms with Gasteiger partial charge >= 0.3 is 0 Å². The number of hydrogen-bond acceptors (Lipinski definition) is 3. The second-order valence-corrected chi connectivity index (χ2v) is 8.33. The summed E-state index contributed by atoms with van der Waals surface area (Å²) in [5, 5.41) is 0.141. The standard InChI is InChI=1S/C24H26O2S/c1-5-26-24(4,17(2)3)16-22-20-14-10-9-13-19(20)15-21(27-22)23(25)18-11-7-6-8-12-18/h6-15,22H,2,5,16H2,1,3-4H3. The number of thioether (sulfide) groups is 1. The third kappa shape index (κ3) is 4.26. The molecule has 0 N–H and O–H groups in total. The summed E-state index contributed by atoms with van der Waals surface area (Å²) >= 11 is 1.64. The molecule has 2 aromatic carbocycles. The van der Waals surface area contributed by atoms with Crippen LogP contribution in [0.1, 0.15) is 53.9 Å². The number of fused-ring (bicyclic) bond motifs is 1. The number of ketones is 1. The Labute approximate surface area is 166 Å². The van der Waals surface area contributed by atoms with Gasteiger partial charge in [-0.2, -0.15) is 0 Å². The number of benzene rings is 2. The van der Waals surface area contributed by atoms with Gasteiger partial charge in [-0.05, 0) is 50.0 Å². The minimum atomic E-state index is -0.419. The van der Waals surface area contributed by atoms with Gasteiger partial charge in [0, 0.05) is 17.4 Å². The number of Topliss-reactive ketones (excluding diaryl/α,β-unsaturated/α-hetero) is 1. The molecule has 0 bridgehead atoms. The summed E-state index contributed by atoms with van der Waals surface area (Å²) in [6, 6.07) is 17.8. The number of rotatable bonds is 7. The Kier molecular flexibility index (Phi) is 6.03. The van der Waals surface area contributed by atoms with E-state index in [0.29, 0.717) is 6.61 Å². The lowest BCUT2D eigenvalue weighted by atomic mass is 9.88. The monoisotopic (exact) mass is 378 g/mol. The quantitative estimate of drug-likeness (QED) is 0.408. The van der Waals surface area contributed by atoms with Gasteiger partial charge in [-0.15, -0.1) is 11.8 Å². The van der Waals surface area contributed by atoms with Crippen molar-refractivity contribution in [1.29, 1.82) is 0 Å². The topological polar surface area (TPSA) is 26.3 Å². The number of carbonyl (C=O) groups excluding carboxylic acids is 1. The van der Waals surface area contributed by atoms with Crippen molar-refractivity contribution in [2.45, 2.75) is 38.0 Å². The molecule has 0 spiro atoms. The fraction of sp³-hybridized carbons (Fsp3) is 0.292. The first-order valence-electron chi connectivity index (χ1n) is 9.31. The van der Waals surface area contributed by atoms with Gasteiger partial charge < -0.3 is 4.74 Å². The van der Waals surface area contributed by atoms with E-state index in [0.717, 1.165) is 28.0 Å². The zero-order chi connectivity index (χ0) is 19.4. The molecule has 140 valence electrons. The second kappa shape index (κ2) is 8.28. The van der Waals surface area contributed by atoms with Crippen LogP contribution in [0.5, 0.6) is 0 Å². The fourth-order valence-corrected chi connectivity index (χ4v) is 4.83. The smallest absolute Gasteiger partial charge is 0.199 e. The van der Waals surface area contributed by atoms with Gasteiger partial charge in [0.2, 0.25) is 0 Å². The van der Waals surface area contributed by atoms with Crippen LogP contribution < -0.4 is 0 Å². The highest BCUT2D eigenvalue weighted by molar-refractivity contribution is 8.04. The van der Waals surface area contributed by atoms with E-state index in [-0.39, 0.29) is 11.0 Å². The van der Waals surface area contributed by atoms with Crippen molar-refractivity contribution >= 4 is 23.6 Å². The normalized spacial score (nSPS) is 18.2. The minimum Gasteiger partial charge on any atom is -0.371 e. The Morgan fingerprint density at radius 1 is 1.15 bits per heavy atom. The Morgan fingerprint density at radius 3 is 2.48 bits per heavy atom. The van der Waals surface area contributed by atoms with Crippen LogP contribution in [0.3, 0.4) is 0 Å². The zero-order valence-electron chi connectivity index (χ0n) is 16.2. The molecule has 0 aromatic heterocycles. The van der Waals surface area contributed by atoms with Gasteiger partial charge in [0.1, 0.15) is 0 Å². The molecule has 3 heteroatoms. The summed E-state index contributed by atoms with van der Waals surface area (Å²) in [6.45, 7) is 10.9. The van der Waals surface area contributed by atoms with Crippen LogP contribution in [-0.2, 0) is 4.74 Å². The maximum Gasteiger partial charge on any atom is 0.199 e. The highest BCUT2D eigenvalue weighted by Crippen LogP contribution is 2.48.